The molecule has 1 spiro atoms. The zero-order valence-electron chi connectivity index (χ0n) is 41.8. The van der Waals surface area contributed by atoms with Gasteiger partial charge in [-0.1, -0.05) is 65.5 Å². The number of fused-ring (bicyclic) bond motifs is 8. The third kappa shape index (κ3) is 6.92. The predicted octanol–water partition coefficient (Wildman–Crippen LogP) is 4.79. The van der Waals surface area contributed by atoms with Gasteiger partial charge in [-0.2, -0.15) is 0 Å². The molecule has 15 heteroatoms. The monoisotopic (exact) mass is 965 g/mol. The summed E-state index contributed by atoms with van der Waals surface area (Å²) in [7, 11) is 0. The highest BCUT2D eigenvalue weighted by atomic mass is 16.7. The summed E-state index contributed by atoms with van der Waals surface area (Å²) in [6.07, 6.45) is 9.84. The van der Waals surface area contributed by atoms with Crippen LogP contribution in [0.4, 0.5) is 0 Å². The summed E-state index contributed by atoms with van der Waals surface area (Å²) in [5.74, 6) is -1.85. The first-order valence-corrected chi connectivity index (χ1v) is 26.9. The standard InChI is InChI=1S/C54H84N4O11/c1-48(26-59)21-30-11-8-10-29-22-54(30,47(66)67)35(23-48)32-13-14-39-50(3,52(29,32)5)18-15-38-49(2,27-60)44(69-45-43(64)42(63)37(61)25-68-45)41(62)34(51(38,39)4)20-33-40(58-46(65)53(33)16-6-7-17-53)31(12-9-19-55)36-24-56-28-57-36/h13,24,28-31,33-35,37-45,59-64H,6-12,14-23,25-27,55H2,1-5H3,(H,56,57)(H,58,65)(H,66,67)/t29-,30+,31+,33-,34+,35-,37+,38+,39-,40-,41+,42-,43+,44+,45-,48-,49-,50+,51-,52+,54+/m0/s1. The number of aliphatic hydroxyl groups excluding tert-OH is 6. The summed E-state index contributed by atoms with van der Waals surface area (Å²) in [5.41, 5.74) is 3.90. The van der Waals surface area contributed by atoms with E-state index in [2.05, 4.69) is 49.1 Å². The Bertz CT molecular complexity index is 2120. The van der Waals surface area contributed by atoms with Crippen LogP contribution in [-0.4, -0.2) is 127 Å². The van der Waals surface area contributed by atoms with Crippen LogP contribution >= 0.6 is 0 Å². The zero-order valence-corrected chi connectivity index (χ0v) is 41.8. The van der Waals surface area contributed by atoms with E-state index < -0.39 is 81.2 Å². The van der Waals surface area contributed by atoms with E-state index in [4.69, 9.17) is 15.2 Å². The fraction of sp³-hybridized carbons (Fsp3) is 0.870. The van der Waals surface area contributed by atoms with Crippen LogP contribution in [0.2, 0.25) is 0 Å². The van der Waals surface area contributed by atoms with Gasteiger partial charge in [-0.05, 0) is 153 Å². The maximum absolute atomic E-state index is 14.8. The second-order valence-corrected chi connectivity index (χ2v) is 25.6. The van der Waals surface area contributed by atoms with Gasteiger partial charge < -0.3 is 61.3 Å². The fourth-order valence-electron chi connectivity index (χ4n) is 19.5. The van der Waals surface area contributed by atoms with Gasteiger partial charge in [0.1, 0.15) is 18.3 Å². The summed E-state index contributed by atoms with van der Waals surface area (Å²) in [6.45, 7) is 11.3. The molecular formula is C54H84N4O11. The maximum Gasteiger partial charge on any atom is 0.310 e. The zero-order chi connectivity index (χ0) is 49.3. The molecule has 6 saturated carbocycles. The predicted molar refractivity (Wildman–Crippen MR) is 255 cm³/mol. The van der Waals surface area contributed by atoms with Crippen molar-refractivity contribution in [2.75, 3.05) is 26.4 Å². The molecule has 2 aliphatic heterocycles. The molecule has 1 aromatic rings. The van der Waals surface area contributed by atoms with Crippen molar-refractivity contribution in [1.82, 2.24) is 15.3 Å². The normalized spacial score (nSPS) is 50.3. The SMILES string of the molecule is C[C@]1(CO)C[C@H]2CCC[C@H]3C[C@]2(C(=O)O)[C@@H](C1)C1=CC[C@@H]2[C@@]4(C)[C@H](C[C@H]5[C@H]([C@H](CCCN)c6cnc[nH]6)NC(=O)C56CCCC6)[C@@H](O)[C@@H](O[C@@H]5OC[C@@H](O)[C@H](O)[C@H]5O)[C@@](C)(CO)[C@H]4CC[C@@]2(C)[C@@]13C. The van der Waals surface area contributed by atoms with Crippen molar-refractivity contribution in [2.45, 2.75) is 186 Å². The lowest BCUT2D eigenvalue weighted by molar-refractivity contribution is -0.341. The van der Waals surface area contributed by atoms with Crippen LogP contribution in [-0.2, 0) is 19.1 Å². The topological polar surface area (TPSA) is 261 Å². The van der Waals surface area contributed by atoms with Crippen LogP contribution in [0.25, 0.3) is 0 Å². The van der Waals surface area contributed by atoms with Crippen LogP contribution in [0.5, 0.6) is 0 Å². The molecule has 2 bridgehead atoms. The number of carbonyl (C=O) groups excluding carboxylic acids is 1. The van der Waals surface area contributed by atoms with E-state index in [1.165, 1.54) is 5.57 Å². The Hall–Kier alpha value is -2.47. The first kappa shape index (κ1) is 50.1. The molecule has 0 unspecified atom stereocenters. The first-order valence-electron chi connectivity index (χ1n) is 26.9. The minimum absolute atomic E-state index is 0.0161. The number of nitrogens with two attached hydrogens (primary N) is 1. The molecule has 3 heterocycles. The number of aromatic amines is 1. The molecule has 0 aromatic carbocycles. The molecule has 1 amide bonds. The molecule has 10 rings (SSSR count). The fourth-order valence-corrected chi connectivity index (χ4v) is 19.5. The maximum atomic E-state index is 14.8. The van der Waals surface area contributed by atoms with Gasteiger partial charge in [0.2, 0.25) is 5.91 Å². The van der Waals surface area contributed by atoms with Crippen LogP contribution in [0, 0.1) is 79.3 Å². The molecule has 15 nitrogen and oxygen atoms in total. The number of carboxylic acids is 1. The van der Waals surface area contributed by atoms with E-state index in [9.17, 15) is 45.3 Å². The smallest absolute Gasteiger partial charge is 0.310 e. The summed E-state index contributed by atoms with van der Waals surface area (Å²) < 4.78 is 12.7. The van der Waals surface area contributed by atoms with E-state index in [0.29, 0.717) is 45.1 Å². The van der Waals surface area contributed by atoms with Crippen molar-refractivity contribution in [3.05, 3.63) is 29.9 Å². The number of aromatic nitrogens is 2. The number of allylic oxidation sites excluding steroid dienone is 2. The average Bonchev–Trinajstić information content (AvgIpc) is 4.07. The number of aliphatic hydroxyl groups is 6. The third-order valence-electron chi connectivity index (χ3n) is 23.0. The molecule has 0 radical (unpaired) electrons. The van der Waals surface area contributed by atoms with Gasteiger partial charge in [-0.15, -0.1) is 0 Å². The van der Waals surface area contributed by atoms with E-state index in [1.54, 1.807) is 6.33 Å². The van der Waals surface area contributed by atoms with Gasteiger partial charge in [-0.25, -0.2) is 4.98 Å². The number of carboxylic acid groups (broad SMARTS) is 1. The van der Waals surface area contributed by atoms with Gasteiger partial charge in [-0.3, -0.25) is 9.59 Å². The van der Waals surface area contributed by atoms with Gasteiger partial charge in [0.25, 0.3) is 0 Å². The van der Waals surface area contributed by atoms with Gasteiger partial charge in [0.05, 0.1) is 42.6 Å². The largest absolute Gasteiger partial charge is 0.481 e. The average molecular weight is 965 g/mol. The van der Waals surface area contributed by atoms with Crippen molar-refractivity contribution in [2.24, 2.45) is 85.1 Å². The molecule has 11 N–H and O–H groups in total. The Kier molecular flexibility index (Phi) is 12.8. The summed E-state index contributed by atoms with van der Waals surface area (Å²) in [6, 6.07) is -0.290. The van der Waals surface area contributed by atoms with Gasteiger partial charge in [0, 0.05) is 35.9 Å². The number of amides is 1. The Labute approximate surface area is 408 Å². The Morgan fingerprint density at radius 3 is 2.32 bits per heavy atom. The van der Waals surface area contributed by atoms with Crippen molar-refractivity contribution in [3.8, 4) is 0 Å². The van der Waals surface area contributed by atoms with Crippen molar-refractivity contribution >= 4 is 11.9 Å². The minimum Gasteiger partial charge on any atom is -0.481 e. The number of rotatable bonds is 12. The van der Waals surface area contributed by atoms with E-state index in [1.807, 2.05) is 13.1 Å². The Morgan fingerprint density at radius 2 is 1.65 bits per heavy atom. The highest BCUT2D eigenvalue weighted by Crippen LogP contribution is 2.80. The number of H-pyrrole nitrogens is 1. The second-order valence-electron chi connectivity index (χ2n) is 25.6. The lowest BCUT2D eigenvalue weighted by Gasteiger charge is -2.75. The van der Waals surface area contributed by atoms with Crippen LogP contribution in [0.1, 0.15) is 149 Å². The summed E-state index contributed by atoms with van der Waals surface area (Å²) >= 11 is 0. The number of imidazole rings is 1. The van der Waals surface area contributed by atoms with Crippen LogP contribution in [0.3, 0.4) is 0 Å². The molecule has 21 atom stereocenters. The van der Waals surface area contributed by atoms with Gasteiger partial charge >= 0.3 is 5.97 Å². The number of nitrogens with zero attached hydrogens (tertiary/aromatic N) is 1. The molecule has 8 fully saturated rings. The first-order chi connectivity index (χ1) is 32.8. The molecule has 69 heavy (non-hydrogen) atoms. The number of hydrogen-bond donors (Lipinski definition) is 10. The number of nitrogens with one attached hydrogen (secondary N) is 2. The molecule has 1 aromatic heterocycles. The van der Waals surface area contributed by atoms with Crippen molar-refractivity contribution < 1.29 is 54.8 Å². The highest BCUT2D eigenvalue weighted by molar-refractivity contribution is 5.86. The number of ether oxygens (including phenoxy) is 2. The van der Waals surface area contributed by atoms with Crippen LogP contribution < -0.4 is 11.1 Å². The Balaban J connectivity index is 1.14. The molecule has 7 aliphatic carbocycles. The Morgan fingerprint density at radius 1 is 0.913 bits per heavy atom. The van der Waals surface area contributed by atoms with Crippen LogP contribution in [0.15, 0.2) is 24.2 Å². The highest BCUT2D eigenvalue weighted by Gasteiger charge is 2.76. The minimum atomic E-state index is -1.61. The number of hydrogen-bond acceptors (Lipinski definition) is 12. The summed E-state index contributed by atoms with van der Waals surface area (Å²) in [5, 5.41) is 84.2. The van der Waals surface area contributed by atoms with E-state index in [0.717, 1.165) is 69.9 Å². The van der Waals surface area contributed by atoms with E-state index >= 15 is 0 Å². The molecule has 9 aliphatic rings. The van der Waals surface area contributed by atoms with E-state index in [-0.39, 0.29) is 78.6 Å². The molecule has 2 saturated heterocycles. The second kappa shape index (κ2) is 17.6. The third-order valence-corrected chi connectivity index (χ3v) is 23.0. The molecule has 386 valence electrons. The van der Waals surface area contributed by atoms with Crippen molar-refractivity contribution in [1.29, 1.82) is 0 Å². The molecular weight excluding hydrogens is 881 g/mol. The lowest BCUT2D eigenvalue weighted by atomic mass is 9.30. The summed E-state index contributed by atoms with van der Waals surface area (Å²) in [4.78, 5) is 36.6. The lowest BCUT2D eigenvalue weighted by Crippen LogP contribution is -2.73. The number of aliphatic carboxylic acids is 1. The number of carbonyl (C=O) groups is 2. The quantitative estimate of drug-likeness (QED) is 0.100. The van der Waals surface area contributed by atoms with Gasteiger partial charge in [0.15, 0.2) is 6.29 Å². The van der Waals surface area contributed by atoms with Crippen molar-refractivity contribution in [3.63, 3.8) is 0 Å².